The van der Waals surface area contributed by atoms with Crippen molar-refractivity contribution >= 4 is 26.9 Å². The van der Waals surface area contributed by atoms with Crippen LogP contribution in [0.3, 0.4) is 0 Å². The zero-order chi connectivity index (χ0) is 13.1. The van der Waals surface area contributed by atoms with E-state index in [0.29, 0.717) is 0 Å². The minimum atomic E-state index is 0.0833. The topological polar surface area (TPSA) is 25.2 Å². The predicted octanol–water partition coefficient (Wildman–Crippen LogP) is 4.26. The first-order chi connectivity index (χ1) is 8.63. The van der Waals surface area contributed by atoms with Crippen molar-refractivity contribution in [2.75, 3.05) is 0 Å². The highest BCUT2D eigenvalue weighted by molar-refractivity contribution is 9.10. The van der Waals surface area contributed by atoms with E-state index in [1.807, 2.05) is 18.2 Å². The van der Waals surface area contributed by atoms with Gasteiger partial charge in [-0.3, -0.25) is 5.32 Å². The molecule has 0 saturated heterocycles. The van der Waals surface area contributed by atoms with E-state index in [0.717, 1.165) is 27.6 Å². The lowest BCUT2D eigenvalue weighted by Gasteiger charge is -2.15. The van der Waals surface area contributed by atoms with Crippen molar-refractivity contribution in [2.24, 2.45) is 0 Å². The van der Waals surface area contributed by atoms with Gasteiger partial charge in [0.1, 0.15) is 11.3 Å². The van der Waals surface area contributed by atoms with Gasteiger partial charge in [0.25, 0.3) is 0 Å². The van der Waals surface area contributed by atoms with Crippen molar-refractivity contribution in [3.63, 3.8) is 0 Å². The Morgan fingerprint density at radius 1 is 1.44 bits per heavy atom. The molecule has 2 rings (SSSR count). The fraction of sp³-hybridized carbons (Fsp3) is 0.333. The van der Waals surface area contributed by atoms with Crippen molar-refractivity contribution < 1.29 is 4.42 Å². The Balaban J connectivity index is 2.23. The molecule has 0 fully saturated rings. The fourth-order valence-corrected chi connectivity index (χ4v) is 2.29. The Kier molecular flexibility index (Phi) is 4.11. The first-order valence-corrected chi connectivity index (χ1v) is 6.84. The van der Waals surface area contributed by atoms with E-state index in [9.17, 15) is 0 Å². The summed E-state index contributed by atoms with van der Waals surface area (Å²) < 4.78 is 6.88. The van der Waals surface area contributed by atoms with Crippen LogP contribution in [0.5, 0.6) is 0 Å². The van der Waals surface area contributed by atoms with Gasteiger partial charge in [-0.05, 0) is 37.6 Å². The molecule has 0 spiro atoms. The molecular formula is C15H16BrNO. The second kappa shape index (κ2) is 5.60. The van der Waals surface area contributed by atoms with Crippen LogP contribution in [0.15, 0.2) is 33.2 Å². The highest BCUT2D eigenvalue weighted by Gasteiger charge is 2.14. The van der Waals surface area contributed by atoms with Crippen LogP contribution in [0.4, 0.5) is 0 Å². The predicted molar refractivity (Wildman–Crippen MR) is 78.4 cm³/mol. The van der Waals surface area contributed by atoms with E-state index in [4.69, 9.17) is 10.8 Å². The number of nitrogens with one attached hydrogen (secondary N) is 1. The van der Waals surface area contributed by atoms with Gasteiger partial charge in [0.15, 0.2) is 0 Å². The highest BCUT2D eigenvalue weighted by Crippen LogP contribution is 2.26. The molecule has 0 aliphatic carbocycles. The van der Waals surface area contributed by atoms with Gasteiger partial charge in [-0.25, -0.2) is 0 Å². The Bertz CT molecular complexity index is 582. The second-order valence-electron chi connectivity index (χ2n) is 4.35. The van der Waals surface area contributed by atoms with Crippen molar-refractivity contribution in [3.05, 3.63) is 34.5 Å². The third kappa shape index (κ3) is 2.77. The van der Waals surface area contributed by atoms with Crippen LogP contribution in [0.25, 0.3) is 11.0 Å². The Labute approximate surface area is 116 Å². The summed E-state index contributed by atoms with van der Waals surface area (Å²) in [6.07, 6.45) is 6.36. The number of hydrogen-bond donors (Lipinski definition) is 1. The molecule has 18 heavy (non-hydrogen) atoms. The lowest BCUT2D eigenvalue weighted by molar-refractivity contribution is 0.428. The Morgan fingerprint density at radius 2 is 2.22 bits per heavy atom. The van der Waals surface area contributed by atoms with Crippen LogP contribution in [-0.4, -0.2) is 6.04 Å². The molecule has 1 aromatic carbocycles. The molecule has 94 valence electrons. The summed E-state index contributed by atoms with van der Waals surface area (Å²) in [5, 5.41) is 4.47. The van der Waals surface area contributed by atoms with Crippen molar-refractivity contribution in [2.45, 2.75) is 32.4 Å². The first-order valence-electron chi connectivity index (χ1n) is 6.05. The highest BCUT2D eigenvalue weighted by atomic mass is 79.9. The second-order valence-corrected chi connectivity index (χ2v) is 5.26. The minimum Gasteiger partial charge on any atom is -0.459 e. The molecule has 0 saturated carbocycles. The van der Waals surface area contributed by atoms with Gasteiger partial charge in [-0.2, -0.15) is 0 Å². The summed E-state index contributed by atoms with van der Waals surface area (Å²) in [5.41, 5.74) is 0.899. The van der Waals surface area contributed by atoms with Crippen molar-refractivity contribution in [1.82, 2.24) is 5.32 Å². The van der Waals surface area contributed by atoms with Gasteiger partial charge in [0.05, 0.1) is 12.1 Å². The number of terminal acetylenes is 1. The van der Waals surface area contributed by atoms with Crippen molar-refractivity contribution in [1.29, 1.82) is 0 Å². The summed E-state index contributed by atoms with van der Waals surface area (Å²) >= 11 is 3.46. The lowest BCUT2D eigenvalue weighted by Crippen LogP contribution is -2.29. The van der Waals surface area contributed by atoms with Gasteiger partial charge < -0.3 is 4.42 Å². The quantitative estimate of drug-likeness (QED) is 0.854. The minimum absolute atomic E-state index is 0.0833. The van der Waals surface area contributed by atoms with Gasteiger partial charge in [-0.1, -0.05) is 28.8 Å². The number of rotatable bonds is 4. The van der Waals surface area contributed by atoms with Crippen LogP contribution < -0.4 is 5.32 Å². The number of halogens is 1. The number of fused-ring (bicyclic) bond motifs is 1. The van der Waals surface area contributed by atoms with Crippen LogP contribution in [0.2, 0.25) is 0 Å². The zero-order valence-electron chi connectivity index (χ0n) is 10.5. The molecule has 2 atom stereocenters. The normalized spacial score (nSPS) is 14.3. The molecular weight excluding hydrogens is 290 g/mol. The SMILES string of the molecule is C#CC(CC)NC(C)c1cc2cc(Br)ccc2o1. The van der Waals surface area contributed by atoms with E-state index in [1.54, 1.807) is 0 Å². The Hall–Kier alpha value is -1.24. The van der Waals surface area contributed by atoms with Gasteiger partial charge in [-0.15, -0.1) is 6.42 Å². The van der Waals surface area contributed by atoms with Crippen LogP contribution >= 0.6 is 15.9 Å². The monoisotopic (exact) mass is 305 g/mol. The fourth-order valence-electron chi connectivity index (χ4n) is 1.92. The maximum Gasteiger partial charge on any atom is 0.134 e. The summed E-state index contributed by atoms with van der Waals surface area (Å²) in [7, 11) is 0. The molecule has 2 nitrogen and oxygen atoms in total. The van der Waals surface area contributed by atoms with Crippen LogP contribution in [0.1, 0.15) is 32.1 Å². The summed E-state index contributed by atoms with van der Waals surface area (Å²) in [6, 6.07) is 8.24. The first kappa shape index (κ1) is 13.2. The standard InChI is InChI=1S/C15H16BrNO/c1-4-13(5-2)17-10(3)15-9-11-8-12(16)6-7-14(11)18-15/h1,6-10,13,17H,5H2,2-3H3. The molecule has 1 heterocycles. The third-order valence-corrected chi connectivity index (χ3v) is 3.48. The van der Waals surface area contributed by atoms with Gasteiger partial charge >= 0.3 is 0 Å². The molecule has 1 N–H and O–H groups in total. The molecule has 2 unspecified atom stereocenters. The summed E-state index contributed by atoms with van der Waals surface area (Å²) in [6.45, 7) is 4.13. The van der Waals surface area contributed by atoms with E-state index >= 15 is 0 Å². The number of benzene rings is 1. The van der Waals surface area contributed by atoms with Crippen LogP contribution in [-0.2, 0) is 0 Å². The van der Waals surface area contributed by atoms with E-state index in [-0.39, 0.29) is 12.1 Å². The maximum atomic E-state index is 5.82. The molecule has 3 heteroatoms. The maximum absolute atomic E-state index is 5.82. The average Bonchev–Trinajstić information content (AvgIpc) is 2.78. The summed E-state index contributed by atoms with van der Waals surface area (Å²) in [5.74, 6) is 3.65. The van der Waals surface area contributed by atoms with Gasteiger partial charge in [0, 0.05) is 9.86 Å². The van der Waals surface area contributed by atoms with E-state index in [2.05, 4.69) is 47.1 Å². The third-order valence-electron chi connectivity index (χ3n) is 2.98. The Morgan fingerprint density at radius 3 is 2.89 bits per heavy atom. The van der Waals surface area contributed by atoms with Crippen molar-refractivity contribution in [3.8, 4) is 12.3 Å². The van der Waals surface area contributed by atoms with E-state index in [1.165, 1.54) is 0 Å². The molecule has 1 aromatic heterocycles. The smallest absolute Gasteiger partial charge is 0.134 e. The molecule has 0 amide bonds. The zero-order valence-corrected chi connectivity index (χ0v) is 12.1. The van der Waals surface area contributed by atoms with Crippen LogP contribution in [0, 0.1) is 12.3 Å². The number of furan rings is 1. The number of hydrogen-bond acceptors (Lipinski definition) is 2. The van der Waals surface area contributed by atoms with E-state index < -0.39 is 0 Å². The molecule has 0 radical (unpaired) electrons. The average molecular weight is 306 g/mol. The molecule has 2 aromatic rings. The molecule has 0 bridgehead atoms. The molecule has 0 aliphatic heterocycles. The van der Waals surface area contributed by atoms with Gasteiger partial charge in [0.2, 0.25) is 0 Å². The largest absolute Gasteiger partial charge is 0.459 e. The summed E-state index contributed by atoms with van der Waals surface area (Å²) in [4.78, 5) is 0. The molecule has 0 aliphatic rings. The lowest BCUT2D eigenvalue weighted by atomic mass is 10.1.